The Balaban J connectivity index is 2.27. The summed E-state index contributed by atoms with van der Waals surface area (Å²) in [5.41, 5.74) is 0. The van der Waals surface area contributed by atoms with Crippen molar-refractivity contribution in [1.82, 2.24) is 10.2 Å². The van der Waals surface area contributed by atoms with E-state index in [9.17, 15) is 4.79 Å². The molecule has 1 saturated heterocycles. The molecule has 0 aliphatic carbocycles. The van der Waals surface area contributed by atoms with Crippen molar-refractivity contribution in [2.24, 2.45) is 11.8 Å². The van der Waals surface area contributed by atoms with Gasteiger partial charge in [0.2, 0.25) is 5.91 Å². The van der Waals surface area contributed by atoms with Gasteiger partial charge >= 0.3 is 0 Å². The molecule has 3 nitrogen and oxygen atoms in total. The molecule has 0 aromatic carbocycles. The summed E-state index contributed by atoms with van der Waals surface area (Å²) in [7, 11) is 1.73. The predicted octanol–water partition coefficient (Wildman–Crippen LogP) is 2.10. The summed E-state index contributed by atoms with van der Waals surface area (Å²) in [6.45, 7) is 5.42. The molecule has 0 bridgehead atoms. The molecule has 0 aromatic rings. The summed E-state index contributed by atoms with van der Waals surface area (Å²) in [6, 6.07) is 0. The Hall–Kier alpha value is -0.280. The van der Waals surface area contributed by atoms with Crippen molar-refractivity contribution in [3.8, 4) is 0 Å². The van der Waals surface area contributed by atoms with Crippen LogP contribution in [0.1, 0.15) is 32.6 Å². The van der Waals surface area contributed by atoms with Crippen LogP contribution in [0.15, 0.2) is 0 Å². The van der Waals surface area contributed by atoms with Gasteiger partial charge in [-0.15, -0.1) is 11.6 Å². The minimum absolute atomic E-state index is 0.192. The van der Waals surface area contributed by atoms with E-state index in [2.05, 4.69) is 17.1 Å². The molecule has 1 aliphatic heterocycles. The molecule has 4 heteroatoms. The van der Waals surface area contributed by atoms with E-state index in [4.69, 9.17) is 11.6 Å². The molecule has 2 unspecified atom stereocenters. The number of likely N-dealkylation sites (tertiary alicyclic amines) is 1. The molecule has 1 N–H and O–H groups in total. The second-order valence-electron chi connectivity index (χ2n) is 5.13. The summed E-state index contributed by atoms with van der Waals surface area (Å²) < 4.78 is 0. The van der Waals surface area contributed by atoms with Crippen LogP contribution in [-0.4, -0.2) is 43.4 Å². The second kappa shape index (κ2) is 7.93. The molecular weight excluding hydrogens is 236 g/mol. The highest BCUT2D eigenvalue weighted by molar-refractivity contribution is 6.17. The van der Waals surface area contributed by atoms with E-state index in [1.807, 2.05) is 0 Å². The third-order valence-corrected chi connectivity index (χ3v) is 3.88. The Labute approximate surface area is 110 Å². The van der Waals surface area contributed by atoms with Gasteiger partial charge in [-0.05, 0) is 44.7 Å². The zero-order chi connectivity index (χ0) is 12.7. The minimum atomic E-state index is 0.192. The summed E-state index contributed by atoms with van der Waals surface area (Å²) in [6.07, 6.45) is 4.46. The molecule has 0 aromatic heterocycles. The van der Waals surface area contributed by atoms with Crippen LogP contribution in [0.2, 0.25) is 0 Å². The first-order valence-corrected chi connectivity index (χ1v) is 7.20. The normalized spacial score (nSPS) is 23.4. The van der Waals surface area contributed by atoms with Crippen LogP contribution in [0.25, 0.3) is 0 Å². The number of carbonyl (C=O) groups excluding carboxylic acids is 1. The monoisotopic (exact) mass is 260 g/mol. The lowest BCUT2D eigenvalue weighted by Crippen LogP contribution is -2.42. The SMILES string of the molecule is CNC(=O)C1CCCN(CCC(C)CCCl)C1. The Morgan fingerprint density at radius 1 is 1.53 bits per heavy atom. The average molecular weight is 261 g/mol. The number of rotatable bonds is 6. The van der Waals surface area contributed by atoms with E-state index >= 15 is 0 Å². The molecule has 0 radical (unpaired) electrons. The van der Waals surface area contributed by atoms with Crippen LogP contribution in [0.3, 0.4) is 0 Å². The molecule has 0 saturated carbocycles. The molecule has 2 atom stereocenters. The average Bonchev–Trinajstić information content (AvgIpc) is 2.36. The highest BCUT2D eigenvalue weighted by Crippen LogP contribution is 2.18. The van der Waals surface area contributed by atoms with Crippen molar-refractivity contribution in [2.45, 2.75) is 32.6 Å². The molecule has 1 aliphatic rings. The van der Waals surface area contributed by atoms with Gasteiger partial charge < -0.3 is 10.2 Å². The fraction of sp³-hybridized carbons (Fsp3) is 0.923. The van der Waals surface area contributed by atoms with Crippen LogP contribution in [0.4, 0.5) is 0 Å². The number of piperidine rings is 1. The van der Waals surface area contributed by atoms with Crippen LogP contribution in [-0.2, 0) is 4.79 Å². The fourth-order valence-corrected chi connectivity index (χ4v) is 2.78. The zero-order valence-corrected chi connectivity index (χ0v) is 11.8. The minimum Gasteiger partial charge on any atom is -0.359 e. The van der Waals surface area contributed by atoms with Gasteiger partial charge in [-0.2, -0.15) is 0 Å². The Bertz CT molecular complexity index is 235. The van der Waals surface area contributed by atoms with Gasteiger partial charge in [0, 0.05) is 19.5 Å². The third-order valence-electron chi connectivity index (χ3n) is 3.66. The van der Waals surface area contributed by atoms with E-state index in [0.717, 1.165) is 44.8 Å². The number of nitrogens with one attached hydrogen (secondary N) is 1. The van der Waals surface area contributed by atoms with Crippen molar-refractivity contribution >= 4 is 17.5 Å². The van der Waals surface area contributed by atoms with Gasteiger partial charge in [0.15, 0.2) is 0 Å². The van der Waals surface area contributed by atoms with E-state index in [-0.39, 0.29) is 11.8 Å². The lowest BCUT2D eigenvalue weighted by Gasteiger charge is -2.32. The maximum atomic E-state index is 11.6. The van der Waals surface area contributed by atoms with Crippen LogP contribution < -0.4 is 5.32 Å². The van der Waals surface area contributed by atoms with Crippen LogP contribution in [0.5, 0.6) is 0 Å². The maximum Gasteiger partial charge on any atom is 0.224 e. The quantitative estimate of drug-likeness (QED) is 0.742. The standard InChI is InChI=1S/C13H25ClN2O/c1-11(5-7-14)6-9-16-8-3-4-12(10-16)13(17)15-2/h11-12H,3-10H2,1-2H3,(H,15,17). The first-order valence-electron chi connectivity index (χ1n) is 6.67. The van der Waals surface area contributed by atoms with Crippen molar-refractivity contribution < 1.29 is 4.79 Å². The molecular formula is C13H25ClN2O. The van der Waals surface area contributed by atoms with E-state index in [0.29, 0.717) is 5.92 Å². The molecule has 100 valence electrons. The van der Waals surface area contributed by atoms with Gasteiger partial charge in [-0.1, -0.05) is 6.92 Å². The first kappa shape index (κ1) is 14.8. The number of carbonyl (C=O) groups is 1. The van der Waals surface area contributed by atoms with Gasteiger partial charge in [0.05, 0.1) is 5.92 Å². The van der Waals surface area contributed by atoms with Gasteiger partial charge in [0.25, 0.3) is 0 Å². The fourth-order valence-electron chi connectivity index (χ4n) is 2.41. The molecule has 1 heterocycles. The van der Waals surface area contributed by atoms with Gasteiger partial charge in [0.1, 0.15) is 0 Å². The van der Waals surface area contributed by atoms with E-state index in [1.54, 1.807) is 7.05 Å². The van der Waals surface area contributed by atoms with E-state index < -0.39 is 0 Å². The first-order chi connectivity index (χ1) is 8.17. The molecule has 1 rings (SSSR count). The number of hydrogen-bond donors (Lipinski definition) is 1. The van der Waals surface area contributed by atoms with Crippen molar-refractivity contribution in [3.63, 3.8) is 0 Å². The van der Waals surface area contributed by atoms with Gasteiger partial charge in [-0.25, -0.2) is 0 Å². The lowest BCUT2D eigenvalue weighted by molar-refractivity contribution is -0.126. The molecule has 1 fully saturated rings. The third kappa shape index (κ3) is 5.26. The highest BCUT2D eigenvalue weighted by Gasteiger charge is 2.24. The van der Waals surface area contributed by atoms with Crippen LogP contribution in [0, 0.1) is 11.8 Å². The maximum absolute atomic E-state index is 11.6. The second-order valence-corrected chi connectivity index (χ2v) is 5.50. The highest BCUT2D eigenvalue weighted by atomic mass is 35.5. The Morgan fingerprint density at radius 2 is 2.29 bits per heavy atom. The number of amides is 1. The Kier molecular flexibility index (Phi) is 6.90. The number of nitrogens with zero attached hydrogens (tertiary/aromatic N) is 1. The summed E-state index contributed by atoms with van der Waals surface area (Å²) >= 11 is 5.73. The molecule has 0 spiro atoms. The van der Waals surface area contributed by atoms with Crippen molar-refractivity contribution in [1.29, 1.82) is 0 Å². The van der Waals surface area contributed by atoms with E-state index in [1.165, 1.54) is 6.42 Å². The summed E-state index contributed by atoms with van der Waals surface area (Å²) in [5, 5.41) is 2.76. The lowest BCUT2D eigenvalue weighted by atomic mass is 9.96. The predicted molar refractivity (Wildman–Crippen MR) is 72.3 cm³/mol. The number of halogens is 1. The smallest absolute Gasteiger partial charge is 0.224 e. The zero-order valence-electron chi connectivity index (χ0n) is 11.0. The molecule has 17 heavy (non-hydrogen) atoms. The van der Waals surface area contributed by atoms with Crippen LogP contribution >= 0.6 is 11.6 Å². The van der Waals surface area contributed by atoms with Crippen molar-refractivity contribution in [2.75, 3.05) is 32.6 Å². The van der Waals surface area contributed by atoms with Gasteiger partial charge in [-0.3, -0.25) is 4.79 Å². The number of alkyl halides is 1. The Morgan fingerprint density at radius 3 is 2.94 bits per heavy atom. The van der Waals surface area contributed by atoms with Crippen molar-refractivity contribution in [3.05, 3.63) is 0 Å². The molecule has 1 amide bonds. The summed E-state index contributed by atoms with van der Waals surface area (Å²) in [4.78, 5) is 14.0. The topological polar surface area (TPSA) is 32.3 Å². The summed E-state index contributed by atoms with van der Waals surface area (Å²) in [5.74, 6) is 1.83. The number of hydrogen-bond acceptors (Lipinski definition) is 2. The largest absolute Gasteiger partial charge is 0.359 e.